The fourth-order valence-corrected chi connectivity index (χ4v) is 6.87. The molecule has 1 amide bonds. The number of benzene rings is 4. The molecule has 0 saturated carbocycles. The minimum absolute atomic E-state index is 0.0209. The Kier molecular flexibility index (Phi) is 10.6. The molecule has 0 spiro atoms. The molecule has 1 aliphatic heterocycles. The summed E-state index contributed by atoms with van der Waals surface area (Å²) in [6.45, 7) is 0.815. The molecular formula is C40H33F5N4O4. The minimum atomic E-state index is -4.96. The van der Waals surface area contributed by atoms with E-state index in [0.717, 1.165) is 23.1 Å². The Morgan fingerprint density at radius 3 is 2.30 bits per heavy atom. The second-order valence-corrected chi connectivity index (χ2v) is 12.4. The van der Waals surface area contributed by atoms with Gasteiger partial charge in [-0.3, -0.25) is 19.6 Å². The Labute approximate surface area is 301 Å². The van der Waals surface area contributed by atoms with Gasteiger partial charge in [0.2, 0.25) is 0 Å². The topological polar surface area (TPSA) is 96.6 Å². The number of ether oxygens (including phenoxy) is 2. The van der Waals surface area contributed by atoms with Crippen molar-refractivity contribution in [3.63, 3.8) is 0 Å². The molecule has 6 rings (SSSR count). The molecule has 0 radical (unpaired) electrons. The van der Waals surface area contributed by atoms with Crippen LogP contribution in [0.1, 0.15) is 45.5 Å². The summed E-state index contributed by atoms with van der Waals surface area (Å²) in [7, 11) is 1.24. The number of hydrogen-bond donors (Lipinski definition) is 1. The van der Waals surface area contributed by atoms with Crippen molar-refractivity contribution in [2.75, 3.05) is 25.1 Å². The number of halogens is 5. The monoisotopic (exact) mass is 728 g/mol. The molecule has 1 N–H and O–H groups in total. The lowest BCUT2D eigenvalue weighted by Gasteiger charge is -2.27. The smallest absolute Gasteiger partial charge is 0.416 e. The van der Waals surface area contributed by atoms with Crippen LogP contribution in [0.4, 0.5) is 32.6 Å². The van der Waals surface area contributed by atoms with Gasteiger partial charge in [0.1, 0.15) is 18.2 Å². The van der Waals surface area contributed by atoms with Crippen molar-refractivity contribution in [1.82, 2.24) is 9.88 Å². The number of rotatable bonds is 10. The van der Waals surface area contributed by atoms with Gasteiger partial charge in [-0.2, -0.15) is 18.4 Å². The van der Waals surface area contributed by atoms with Crippen LogP contribution in [-0.4, -0.2) is 30.9 Å². The Morgan fingerprint density at radius 2 is 1.64 bits per heavy atom. The van der Waals surface area contributed by atoms with Crippen LogP contribution >= 0.6 is 0 Å². The van der Waals surface area contributed by atoms with Crippen molar-refractivity contribution >= 4 is 11.9 Å². The van der Waals surface area contributed by atoms with E-state index in [1.165, 1.54) is 36.8 Å². The van der Waals surface area contributed by atoms with Crippen LogP contribution < -0.4 is 20.5 Å². The number of aromatic nitrogens is 1. The third-order valence-electron chi connectivity index (χ3n) is 9.32. The lowest BCUT2D eigenvalue weighted by molar-refractivity contribution is -0.138. The van der Waals surface area contributed by atoms with Gasteiger partial charge in [-0.15, -0.1) is 0 Å². The average molecular weight is 729 g/mol. The van der Waals surface area contributed by atoms with Crippen LogP contribution in [0.3, 0.4) is 0 Å². The van der Waals surface area contributed by atoms with Crippen molar-refractivity contribution in [1.29, 1.82) is 5.26 Å². The Balaban J connectivity index is 1.66. The first-order valence-corrected chi connectivity index (χ1v) is 16.5. The third kappa shape index (κ3) is 7.23. The van der Waals surface area contributed by atoms with E-state index >= 15 is 8.78 Å². The van der Waals surface area contributed by atoms with Crippen LogP contribution in [0.2, 0.25) is 0 Å². The molecule has 1 aromatic heterocycles. The van der Waals surface area contributed by atoms with E-state index in [1.807, 2.05) is 6.07 Å². The number of carbonyl (C=O) groups is 1. The summed E-state index contributed by atoms with van der Waals surface area (Å²) in [4.78, 5) is 30.2. The predicted molar refractivity (Wildman–Crippen MR) is 187 cm³/mol. The summed E-state index contributed by atoms with van der Waals surface area (Å²) in [5.74, 6) is -2.40. The largest absolute Gasteiger partial charge is 0.494 e. The number of alkyl halides is 3. The zero-order chi connectivity index (χ0) is 37.9. The van der Waals surface area contributed by atoms with Gasteiger partial charge in [0.25, 0.3) is 5.56 Å². The van der Waals surface area contributed by atoms with Crippen LogP contribution in [0.25, 0.3) is 11.1 Å². The molecule has 5 aromatic rings. The number of amides is 1. The quantitative estimate of drug-likeness (QED) is 0.115. The molecule has 0 aliphatic carbocycles. The number of carbonyl (C=O) groups excluding carboxylic acids is 1. The van der Waals surface area contributed by atoms with Crippen LogP contribution in [-0.2, 0) is 23.9 Å². The van der Waals surface area contributed by atoms with Crippen LogP contribution in [0.5, 0.6) is 5.75 Å². The second kappa shape index (κ2) is 15.3. The van der Waals surface area contributed by atoms with Crippen molar-refractivity contribution in [2.24, 2.45) is 0 Å². The number of methoxy groups -OCH3 is 1. The number of nitrogens with one attached hydrogen (secondary N) is 1. The van der Waals surface area contributed by atoms with E-state index in [4.69, 9.17) is 9.47 Å². The summed E-state index contributed by atoms with van der Waals surface area (Å²) >= 11 is 0. The molecule has 8 nitrogen and oxygen atoms in total. The first-order chi connectivity index (χ1) is 25.5. The number of pyridine rings is 1. The van der Waals surface area contributed by atoms with Gasteiger partial charge in [0.15, 0.2) is 11.6 Å². The lowest BCUT2D eigenvalue weighted by atomic mass is 9.91. The molecule has 272 valence electrons. The summed E-state index contributed by atoms with van der Waals surface area (Å²) in [6, 6.07) is 24.4. The van der Waals surface area contributed by atoms with Gasteiger partial charge < -0.3 is 9.47 Å². The zero-order valence-corrected chi connectivity index (χ0v) is 28.6. The summed E-state index contributed by atoms with van der Waals surface area (Å²) < 4.78 is 86.9. The van der Waals surface area contributed by atoms with Gasteiger partial charge in [-0.1, -0.05) is 78.9 Å². The van der Waals surface area contributed by atoms with E-state index < -0.39 is 59.1 Å². The molecule has 1 aliphatic rings. The van der Waals surface area contributed by atoms with Crippen LogP contribution in [0.15, 0.2) is 102 Å². The second-order valence-electron chi connectivity index (χ2n) is 12.4. The van der Waals surface area contributed by atoms with E-state index in [0.29, 0.717) is 11.1 Å². The zero-order valence-electron chi connectivity index (χ0n) is 28.6. The highest BCUT2D eigenvalue weighted by Gasteiger charge is 2.43. The number of fused-ring (bicyclic) bond motifs is 1. The standard InChI is InChI=1S/C40H33F5N4O4/c1-24-28(21-29-30(40(43,44)45)16-10-17-31(29)41)37-48(39(51)53-23-25-11-5-3-6-12-25)22-32(36(47-20-19-46)26-13-7-4-8-14-26)49(37)38(50)34(24)27-15-9-18-33(52-2)35(27)42/h3-18,32,36,47H,20-23H2,1-2H3. The van der Waals surface area contributed by atoms with Crippen molar-refractivity contribution in [3.8, 4) is 22.9 Å². The van der Waals surface area contributed by atoms with Crippen LogP contribution in [0, 0.1) is 29.9 Å². The highest BCUT2D eigenvalue weighted by Crippen LogP contribution is 2.44. The fourth-order valence-electron chi connectivity index (χ4n) is 6.87. The maximum atomic E-state index is 16.1. The molecule has 4 aromatic carbocycles. The normalized spacial score (nSPS) is 14.4. The molecule has 0 saturated heterocycles. The Hall–Kier alpha value is -6.00. The maximum absolute atomic E-state index is 16.1. The summed E-state index contributed by atoms with van der Waals surface area (Å²) in [6.07, 6.45) is -6.63. The van der Waals surface area contributed by atoms with Crippen molar-refractivity contribution in [3.05, 3.63) is 152 Å². The molecule has 13 heteroatoms. The SMILES string of the molecule is COc1cccc(-c2c(C)c(Cc3c(F)cccc3C(F)(F)F)c3n(c2=O)C(C(NCC#N)c2ccccc2)CN3C(=O)OCc2ccccc2)c1F. The summed E-state index contributed by atoms with van der Waals surface area (Å²) in [5.41, 5.74) is -1.94. The van der Waals surface area contributed by atoms with Gasteiger partial charge in [-0.25, -0.2) is 13.6 Å². The third-order valence-corrected chi connectivity index (χ3v) is 9.32. The van der Waals surface area contributed by atoms with E-state index in [1.54, 1.807) is 60.7 Å². The number of nitriles is 1. The molecule has 2 atom stereocenters. The molecule has 0 fully saturated rings. The van der Waals surface area contributed by atoms with Crippen molar-refractivity contribution in [2.45, 2.75) is 38.2 Å². The average Bonchev–Trinajstić information content (AvgIpc) is 3.55. The minimum Gasteiger partial charge on any atom is -0.494 e. The van der Waals surface area contributed by atoms with Gasteiger partial charge in [0, 0.05) is 23.1 Å². The molecule has 0 bridgehead atoms. The number of nitrogens with zero attached hydrogens (tertiary/aromatic N) is 3. The van der Waals surface area contributed by atoms with Gasteiger partial charge in [0.05, 0.1) is 49.5 Å². The fraction of sp³-hybridized carbons (Fsp3) is 0.225. The van der Waals surface area contributed by atoms with E-state index in [-0.39, 0.29) is 53.5 Å². The van der Waals surface area contributed by atoms with E-state index in [9.17, 15) is 28.0 Å². The highest BCUT2D eigenvalue weighted by molar-refractivity contribution is 5.90. The Bertz CT molecular complexity index is 2240. The van der Waals surface area contributed by atoms with Gasteiger partial charge >= 0.3 is 12.3 Å². The molecule has 2 heterocycles. The lowest BCUT2D eigenvalue weighted by Crippen LogP contribution is -2.36. The molecular weight excluding hydrogens is 695 g/mol. The van der Waals surface area contributed by atoms with Gasteiger partial charge in [-0.05, 0) is 41.8 Å². The van der Waals surface area contributed by atoms with Crippen molar-refractivity contribution < 1.29 is 36.2 Å². The highest BCUT2D eigenvalue weighted by atomic mass is 19.4. The first-order valence-electron chi connectivity index (χ1n) is 16.5. The molecule has 2 unspecified atom stereocenters. The number of hydrogen-bond acceptors (Lipinski definition) is 6. The summed E-state index contributed by atoms with van der Waals surface area (Å²) in [5, 5.41) is 12.7. The predicted octanol–water partition coefficient (Wildman–Crippen LogP) is 8.27. The van der Waals surface area contributed by atoms with E-state index in [2.05, 4.69) is 5.32 Å². The number of anilines is 1. The maximum Gasteiger partial charge on any atom is 0.416 e. The first kappa shape index (κ1) is 36.8. The molecule has 53 heavy (non-hydrogen) atoms. The Morgan fingerprint density at radius 1 is 0.962 bits per heavy atom.